The van der Waals surface area contributed by atoms with Gasteiger partial charge in [0.05, 0.1) is 4.90 Å². The average Bonchev–Trinajstić information content (AvgIpc) is 2.29. The number of rotatable bonds is 3. The Bertz CT molecular complexity index is 371. The lowest BCUT2D eigenvalue weighted by Crippen LogP contribution is -2.17. The summed E-state index contributed by atoms with van der Waals surface area (Å²) in [5.41, 5.74) is 5.48. The first-order chi connectivity index (χ1) is 8.16. The molecule has 2 N–H and O–H groups in total. The standard InChI is InChI=1S/C12H15F2NOS/c13-10-5-9(15)6-11(14)12(10)17-7-8-1-3-16-4-2-8/h5-6,8H,1-4,7,15H2. The lowest BCUT2D eigenvalue weighted by Gasteiger charge is -2.21. The summed E-state index contributed by atoms with van der Waals surface area (Å²) < 4.78 is 32.2. The Morgan fingerprint density at radius 2 is 1.82 bits per heavy atom. The van der Waals surface area contributed by atoms with Crippen molar-refractivity contribution in [2.45, 2.75) is 17.7 Å². The molecule has 0 atom stereocenters. The smallest absolute Gasteiger partial charge is 0.141 e. The van der Waals surface area contributed by atoms with E-state index in [2.05, 4.69) is 0 Å². The molecule has 17 heavy (non-hydrogen) atoms. The lowest BCUT2D eigenvalue weighted by atomic mass is 10.0. The van der Waals surface area contributed by atoms with Crippen molar-refractivity contribution >= 4 is 17.4 Å². The Morgan fingerprint density at radius 3 is 2.41 bits per heavy atom. The van der Waals surface area contributed by atoms with Crippen LogP contribution in [-0.2, 0) is 4.74 Å². The second-order valence-corrected chi connectivity index (χ2v) is 5.21. The van der Waals surface area contributed by atoms with E-state index in [0.29, 0.717) is 5.92 Å². The van der Waals surface area contributed by atoms with Crippen molar-refractivity contribution in [1.82, 2.24) is 0 Å². The van der Waals surface area contributed by atoms with Gasteiger partial charge in [-0.05, 0) is 30.9 Å². The third-order valence-corrected chi connectivity index (χ3v) is 4.14. The predicted octanol–water partition coefficient (Wildman–Crippen LogP) is 3.07. The van der Waals surface area contributed by atoms with Gasteiger partial charge in [-0.15, -0.1) is 11.8 Å². The molecule has 0 aliphatic carbocycles. The second kappa shape index (κ2) is 5.69. The van der Waals surface area contributed by atoms with Crippen LogP contribution in [0.25, 0.3) is 0 Å². The molecule has 5 heteroatoms. The molecule has 1 aliphatic heterocycles. The molecule has 0 radical (unpaired) electrons. The van der Waals surface area contributed by atoms with E-state index in [-0.39, 0.29) is 10.6 Å². The minimum atomic E-state index is -0.570. The zero-order chi connectivity index (χ0) is 12.3. The van der Waals surface area contributed by atoms with E-state index in [1.807, 2.05) is 0 Å². The van der Waals surface area contributed by atoms with Gasteiger partial charge >= 0.3 is 0 Å². The summed E-state index contributed by atoms with van der Waals surface area (Å²) in [6.07, 6.45) is 1.93. The third kappa shape index (κ3) is 3.33. The molecule has 94 valence electrons. The molecule has 1 aromatic carbocycles. The number of thioether (sulfide) groups is 1. The highest BCUT2D eigenvalue weighted by Gasteiger charge is 2.17. The molecule has 1 aliphatic rings. The topological polar surface area (TPSA) is 35.2 Å². The molecule has 0 amide bonds. The Kier molecular flexibility index (Phi) is 4.23. The molecular weight excluding hydrogens is 244 g/mol. The Balaban J connectivity index is 1.98. The number of hydrogen-bond acceptors (Lipinski definition) is 3. The van der Waals surface area contributed by atoms with Crippen LogP contribution in [0, 0.1) is 17.6 Å². The SMILES string of the molecule is Nc1cc(F)c(SCC2CCOCC2)c(F)c1. The number of halogens is 2. The number of anilines is 1. The summed E-state index contributed by atoms with van der Waals surface area (Å²) in [4.78, 5) is 0.0747. The fourth-order valence-corrected chi connectivity index (χ4v) is 2.96. The van der Waals surface area contributed by atoms with Crippen LogP contribution in [0.1, 0.15) is 12.8 Å². The van der Waals surface area contributed by atoms with Gasteiger partial charge in [0.25, 0.3) is 0 Å². The maximum absolute atomic E-state index is 13.5. The summed E-state index contributed by atoms with van der Waals surface area (Å²) in [5.74, 6) is 0.0606. The van der Waals surface area contributed by atoms with E-state index in [1.165, 1.54) is 11.8 Å². The van der Waals surface area contributed by atoms with E-state index in [9.17, 15) is 8.78 Å². The second-order valence-electron chi connectivity index (χ2n) is 4.18. The van der Waals surface area contributed by atoms with Crippen LogP contribution in [0.15, 0.2) is 17.0 Å². The minimum absolute atomic E-state index is 0.0747. The maximum atomic E-state index is 13.5. The van der Waals surface area contributed by atoms with Crippen molar-refractivity contribution in [3.63, 3.8) is 0 Å². The summed E-state index contributed by atoms with van der Waals surface area (Å²) in [5, 5.41) is 0. The first-order valence-electron chi connectivity index (χ1n) is 5.62. The van der Waals surface area contributed by atoms with Crippen molar-refractivity contribution in [2.75, 3.05) is 24.7 Å². The molecule has 1 saturated heterocycles. The summed E-state index contributed by atoms with van der Waals surface area (Å²) >= 11 is 1.23. The van der Waals surface area contributed by atoms with Gasteiger partial charge in [0.2, 0.25) is 0 Å². The lowest BCUT2D eigenvalue weighted by molar-refractivity contribution is 0.0728. The first kappa shape index (κ1) is 12.6. The van der Waals surface area contributed by atoms with Gasteiger partial charge in [0.1, 0.15) is 11.6 Å². The van der Waals surface area contributed by atoms with Crippen LogP contribution in [0.5, 0.6) is 0 Å². The van der Waals surface area contributed by atoms with Gasteiger partial charge in [-0.25, -0.2) is 8.78 Å². The number of benzene rings is 1. The summed E-state index contributed by atoms with van der Waals surface area (Å²) in [7, 11) is 0. The number of nitrogen functional groups attached to an aromatic ring is 1. The van der Waals surface area contributed by atoms with E-state index in [1.54, 1.807) is 0 Å². The Morgan fingerprint density at radius 1 is 1.24 bits per heavy atom. The van der Waals surface area contributed by atoms with Crippen LogP contribution >= 0.6 is 11.8 Å². The first-order valence-corrected chi connectivity index (χ1v) is 6.60. The quantitative estimate of drug-likeness (QED) is 0.669. The van der Waals surface area contributed by atoms with Crippen LogP contribution in [-0.4, -0.2) is 19.0 Å². The Hall–Kier alpha value is -0.810. The zero-order valence-electron chi connectivity index (χ0n) is 9.42. The fraction of sp³-hybridized carbons (Fsp3) is 0.500. The molecular formula is C12H15F2NOS. The molecule has 2 rings (SSSR count). The highest BCUT2D eigenvalue weighted by molar-refractivity contribution is 7.99. The van der Waals surface area contributed by atoms with Gasteiger partial charge in [0.15, 0.2) is 0 Å². The van der Waals surface area contributed by atoms with Gasteiger partial charge in [-0.3, -0.25) is 0 Å². The summed E-state index contributed by atoms with van der Waals surface area (Å²) in [6.45, 7) is 1.50. The number of ether oxygens (including phenoxy) is 1. The van der Waals surface area contributed by atoms with Crippen LogP contribution in [0.2, 0.25) is 0 Å². The van der Waals surface area contributed by atoms with E-state index in [0.717, 1.165) is 43.9 Å². The van der Waals surface area contributed by atoms with Crippen LogP contribution < -0.4 is 5.73 Å². The van der Waals surface area contributed by atoms with Crippen LogP contribution in [0.4, 0.5) is 14.5 Å². The van der Waals surface area contributed by atoms with Gasteiger partial charge in [-0.2, -0.15) is 0 Å². The Labute approximate surface area is 104 Å². The van der Waals surface area contributed by atoms with Gasteiger partial charge in [-0.1, -0.05) is 0 Å². The number of nitrogens with two attached hydrogens (primary N) is 1. The molecule has 2 nitrogen and oxygen atoms in total. The molecule has 0 spiro atoms. The van der Waals surface area contributed by atoms with Crippen molar-refractivity contribution in [1.29, 1.82) is 0 Å². The van der Waals surface area contributed by atoms with Gasteiger partial charge in [0, 0.05) is 24.7 Å². The normalized spacial score (nSPS) is 17.3. The number of hydrogen-bond donors (Lipinski definition) is 1. The molecule has 0 bridgehead atoms. The monoisotopic (exact) mass is 259 g/mol. The molecule has 1 fully saturated rings. The molecule has 0 aromatic heterocycles. The highest BCUT2D eigenvalue weighted by Crippen LogP contribution is 2.30. The third-order valence-electron chi connectivity index (χ3n) is 2.82. The zero-order valence-corrected chi connectivity index (χ0v) is 10.2. The fourth-order valence-electron chi connectivity index (χ4n) is 1.83. The molecule has 0 unspecified atom stereocenters. The van der Waals surface area contributed by atoms with Crippen molar-refractivity contribution < 1.29 is 13.5 Å². The van der Waals surface area contributed by atoms with Crippen LogP contribution in [0.3, 0.4) is 0 Å². The molecule has 1 heterocycles. The van der Waals surface area contributed by atoms with E-state index < -0.39 is 11.6 Å². The predicted molar refractivity (Wildman–Crippen MR) is 65.0 cm³/mol. The van der Waals surface area contributed by atoms with Crippen molar-refractivity contribution in [2.24, 2.45) is 5.92 Å². The van der Waals surface area contributed by atoms with E-state index in [4.69, 9.17) is 10.5 Å². The summed E-state index contributed by atoms with van der Waals surface area (Å²) in [6, 6.07) is 2.32. The van der Waals surface area contributed by atoms with Crippen molar-refractivity contribution in [3.8, 4) is 0 Å². The highest BCUT2D eigenvalue weighted by atomic mass is 32.2. The maximum Gasteiger partial charge on any atom is 0.141 e. The van der Waals surface area contributed by atoms with Crippen molar-refractivity contribution in [3.05, 3.63) is 23.8 Å². The van der Waals surface area contributed by atoms with E-state index >= 15 is 0 Å². The minimum Gasteiger partial charge on any atom is -0.399 e. The molecule has 1 aromatic rings. The largest absolute Gasteiger partial charge is 0.399 e. The van der Waals surface area contributed by atoms with Gasteiger partial charge < -0.3 is 10.5 Å². The molecule has 0 saturated carbocycles. The average molecular weight is 259 g/mol.